The molecule has 7 nitrogen and oxygen atoms in total. The Morgan fingerprint density at radius 1 is 0.938 bits per heavy atom. The Kier molecular flexibility index (Phi) is 6.44. The van der Waals surface area contributed by atoms with Crippen LogP contribution in [0.15, 0.2) is 48.5 Å². The van der Waals surface area contributed by atoms with E-state index in [1.165, 1.54) is 18.4 Å². The van der Waals surface area contributed by atoms with Gasteiger partial charge in [-0.25, -0.2) is 9.67 Å². The largest absolute Gasteiger partial charge is 0.244 e. The molecule has 0 saturated carbocycles. The van der Waals surface area contributed by atoms with Gasteiger partial charge in [0, 0.05) is 18.4 Å². The molecule has 0 atom stereocenters. The van der Waals surface area contributed by atoms with Crippen molar-refractivity contribution in [2.75, 3.05) is 0 Å². The van der Waals surface area contributed by atoms with Crippen LogP contribution in [0.3, 0.4) is 0 Å². The number of aryl methyl sites for hydroxylation is 1. The van der Waals surface area contributed by atoms with E-state index in [1.807, 2.05) is 18.2 Å². The summed E-state index contributed by atoms with van der Waals surface area (Å²) in [5, 5.41) is 19.4. The van der Waals surface area contributed by atoms with Crippen molar-refractivity contribution >= 4 is 0 Å². The number of aromatic amines is 1. The second kappa shape index (κ2) is 9.42. The summed E-state index contributed by atoms with van der Waals surface area (Å²) in [6.07, 6.45) is 5.25. The molecule has 0 bridgehead atoms. The molecule has 0 spiro atoms. The van der Waals surface area contributed by atoms with Crippen LogP contribution in [0.2, 0.25) is 0 Å². The first-order chi connectivity index (χ1) is 15.5. The molecule has 0 amide bonds. The summed E-state index contributed by atoms with van der Waals surface area (Å²) in [5.41, 5.74) is 4.26. The molecule has 166 valence electrons. The zero-order valence-corrected chi connectivity index (χ0v) is 19.3. The topological polar surface area (TPSA) is 85.2 Å². The van der Waals surface area contributed by atoms with E-state index in [0.717, 1.165) is 47.6 Å². The fraction of sp³-hybridized carbons (Fsp3) is 0.400. The van der Waals surface area contributed by atoms with Gasteiger partial charge in [0.25, 0.3) is 0 Å². The number of rotatable bonds is 8. The first kappa shape index (κ1) is 21.9. The number of aromatic nitrogens is 7. The molecule has 2 aromatic carbocycles. The van der Waals surface area contributed by atoms with Crippen LogP contribution in [-0.4, -0.2) is 35.4 Å². The molecule has 0 saturated heterocycles. The van der Waals surface area contributed by atoms with Crippen LogP contribution in [0.1, 0.15) is 64.2 Å². The van der Waals surface area contributed by atoms with Crippen molar-refractivity contribution in [3.63, 3.8) is 0 Å². The van der Waals surface area contributed by atoms with E-state index in [-0.39, 0.29) is 5.54 Å². The highest BCUT2D eigenvalue weighted by Gasteiger charge is 2.21. The maximum atomic E-state index is 4.90. The second-order valence-corrected chi connectivity index (χ2v) is 9.14. The number of nitrogens with zero attached hydrogens (tertiary/aromatic N) is 6. The van der Waals surface area contributed by atoms with E-state index in [9.17, 15) is 0 Å². The van der Waals surface area contributed by atoms with Gasteiger partial charge in [-0.3, -0.25) is 0 Å². The van der Waals surface area contributed by atoms with E-state index in [2.05, 4.69) is 83.3 Å². The molecule has 2 heterocycles. The third-order valence-electron chi connectivity index (χ3n) is 5.50. The Hall–Kier alpha value is -3.35. The van der Waals surface area contributed by atoms with Gasteiger partial charge in [-0.05, 0) is 49.1 Å². The standard InChI is InChI=1S/C25H31N7/c1-5-6-7-12-22-26-23(32(29-22)25(2,3)4)17-18-13-15-19(16-14-18)20-10-8-9-11-21(20)24-27-30-31-28-24/h8-11,13-16H,5-7,12,17H2,1-4H3,(H,27,28,30,31). The molecule has 7 heteroatoms. The second-order valence-electron chi connectivity index (χ2n) is 9.14. The van der Waals surface area contributed by atoms with Gasteiger partial charge in [-0.15, -0.1) is 10.2 Å². The molecule has 0 fully saturated rings. The highest BCUT2D eigenvalue weighted by molar-refractivity contribution is 5.80. The van der Waals surface area contributed by atoms with Crippen molar-refractivity contribution < 1.29 is 0 Å². The number of H-pyrrole nitrogens is 1. The van der Waals surface area contributed by atoms with Crippen molar-refractivity contribution in [1.29, 1.82) is 0 Å². The highest BCUT2D eigenvalue weighted by Crippen LogP contribution is 2.30. The molecule has 0 radical (unpaired) electrons. The normalized spacial score (nSPS) is 11.8. The minimum absolute atomic E-state index is 0.102. The monoisotopic (exact) mass is 429 g/mol. The molecule has 32 heavy (non-hydrogen) atoms. The lowest BCUT2D eigenvalue weighted by Gasteiger charge is -2.21. The summed E-state index contributed by atoms with van der Waals surface area (Å²) in [7, 11) is 0. The number of hydrogen-bond acceptors (Lipinski definition) is 5. The Balaban J connectivity index is 1.58. The average molecular weight is 430 g/mol. The summed E-state index contributed by atoms with van der Waals surface area (Å²) >= 11 is 0. The van der Waals surface area contributed by atoms with Crippen LogP contribution >= 0.6 is 0 Å². The van der Waals surface area contributed by atoms with Gasteiger partial charge in [0.05, 0.1) is 5.54 Å². The quantitative estimate of drug-likeness (QED) is 0.389. The molecule has 0 aliphatic heterocycles. The molecule has 2 aromatic heterocycles. The number of benzene rings is 2. The number of hydrogen-bond donors (Lipinski definition) is 1. The Morgan fingerprint density at radius 3 is 2.34 bits per heavy atom. The van der Waals surface area contributed by atoms with Crippen molar-refractivity contribution in [3.8, 4) is 22.5 Å². The molecule has 0 aliphatic rings. The average Bonchev–Trinajstić information content (AvgIpc) is 3.45. The molecule has 1 N–H and O–H groups in total. The summed E-state index contributed by atoms with van der Waals surface area (Å²) < 4.78 is 2.09. The predicted molar refractivity (Wildman–Crippen MR) is 126 cm³/mol. The van der Waals surface area contributed by atoms with Gasteiger partial charge in [0.15, 0.2) is 5.82 Å². The summed E-state index contributed by atoms with van der Waals surface area (Å²) in [4.78, 5) is 4.90. The van der Waals surface area contributed by atoms with Gasteiger partial charge in [0.1, 0.15) is 5.82 Å². The number of tetrazole rings is 1. The lowest BCUT2D eigenvalue weighted by molar-refractivity contribution is 0.341. The molecule has 0 unspecified atom stereocenters. The van der Waals surface area contributed by atoms with Crippen LogP contribution in [0.25, 0.3) is 22.5 Å². The predicted octanol–water partition coefficient (Wildman–Crippen LogP) is 5.20. The fourth-order valence-electron chi connectivity index (χ4n) is 3.87. The van der Waals surface area contributed by atoms with E-state index in [1.54, 1.807) is 0 Å². The summed E-state index contributed by atoms with van der Waals surface area (Å²) in [6, 6.07) is 16.7. The van der Waals surface area contributed by atoms with Crippen LogP contribution < -0.4 is 0 Å². The van der Waals surface area contributed by atoms with Crippen molar-refractivity contribution in [2.24, 2.45) is 0 Å². The van der Waals surface area contributed by atoms with Gasteiger partial charge >= 0.3 is 0 Å². The lowest BCUT2D eigenvalue weighted by Crippen LogP contribution is -2.25. The molecular formula is C25H31N7. The van der Waals surface area contributed by atoms with E-state index in [0.29, 0.717) is 5.82 Å². The molecule has 0 aliphatic carbocycles. The van der Waals surface area contributed by atoms with Gasteiger partial charge in [0.2, 0.25) is 5.82 Å². The molecule has 4 aromatic rings. The Labute approximate surface area is 189 Å². The smallest absolute Gasteiger partial charge is 0.205 e. The van der Waals surface area contributed by atoms with Crippen LogP contribution in [0, 0.1) is 0 Å². The molecular weight excluding hydrogens is 398 g/mol. The van der Waals surface area contributed by atoms with E-state index < -0.39 is 0 Å². The first-order valence-corrected chi connectivity index (χ1v) is 11.3. The van der Waals surface area contributed by atoms with Crippen molar-refractivity contribution in [3.05, 3.63) is 65.7 Å². The Bertz CT molecular complexity index is 1140. The minimum atomic E-state index is -0.102. The third-order valence-corrected chi connectivity index (χ3v) is 5.50. The summed E-state index contributed by atoms with van der Waals surface area (Å²) in [6.45, 7) is 8.76. The van der Waals surface area contributed by atoms with E-state index in [4.69, 9.17) is 10.1 Å². The lowest BCUT2D eigenvalue weighted by atomic mass is 9.97. The van der Waals surface area contributed by atoms with Crippen LogP contribution in [-0.2, 0) is 18.4 Å². The summed E-state index contributed by atoms with van der Waals surface area (Å²) in [5.74, 6) is 2.57. The SMILES string of the molecule is CCCCCc1nc(Cc2ccc(-c3ccccc3-c3nn[nH]n3)cc2)n(C(C)(C)C)n1. The zero-order chi connectivity index (χ0) is 22.6. The number of nitrogens with one attached hydrogen (secondary N) is 1. The number of unbranched alkanes of at least 4 members (excludes halogenated alkanes) is 2. The Morgan fingerprint density at radius 2 is 1.69 bits per heavy atom. The van der Waals surface area contributed by atoms with Crippen LogP contribution in [0.5, 0.6) is 0 Å². The fourth-order valence-corrected chi connectivity index (χ4v) is 3.87. The van der Waals surface area contributed by atoms with Crippen molar-refractivity contribution in [1.82, 2.24) is 35.4 Å². The van der Waals surface area contributed by atoms with E-state index >= 15 is 0 Å². The third kappa shape index (κ3) is 4.93. The van der Waals surface area contributed by atoms with Crippen molar-refractivity contribution in [2.45, 2.75) is 65.3 Å². The zero-order valence-electron chi connectivity index (χ0n) is 19.3. The maximum Gasteiger partial charge on any atom is 0.205 e. The first-order valence-electron chi connectivity index (χ1n) is 11.3. The van der Waals surface area contributed by atoms with Gasteiger partial charge < -0.3 is 0 Å². The maximum absolute atomic E-state index is 4.90. The van der Waals surface area contributed by atoms with Gasteiger partial charge in [-0.1, -0.05) is 68.3 Å². The molecule has 4 rings (SSSR count). The highest BCUT2D eigenvalue weighted by atomic mass is 15.5. The minimum Gasteiger partial charge on any atom is -0.244 e. The van der Waals surface area contributed by atoms with Crippen LogP contribution in [0.4, 0.5) is 0 Å². The van der Waals surface area contributed by atoms with Gasteiger partial charge in [-0.2, -0.15) is 10.3 Å².